The van der Waals surface area contributed by atoms with Crippen molar-refractivity contribution in [3.05, 3.63) is 0 Å². The molecule has 0 aromatic heterocycles. The quantitative estimate of drug-likeness (QED) is 0.230. The molecule has 0 aliphatic carbocycles. The van der Waals surface area contributed by atoms with Gasteiger partial charge in [-0.25, -0.2) is 0 Å². The number of carboxylic acid groups (broad SMARTS) is 4. The molecule has 0 amide bonds. The molecule has 8 nitrogen and oxygen atoms in total. The number of alkyl halides is 12. The van der Waals surface area contributed by atoms with Gasteiger partial charge in [0.2, 0.25) is 0 Å². The molecule has 0 saturated carbocycles. The molecule has 0 aliphatic rings. The van der Waals surface area contributed by atoms with E-state index >= 15 is 0 Å². The van der Waals surface area contributed by atoms with Crippen LogP contribution in [0, 0.1) is 0 Å². The standard InChI is InChI=1S/4C2HF3O2.Ru/c4*3-2(4,5)1(6)7;/h4*(H,6,7);/q;;;;+4/p-4. The molecular weight excluding hydrogens is 553 g/mol. The fourth-order valence-electron chi connectivity index (χ4n) is 0. The maximum Gasteiger partial charge on any atom is 4.00 e. The Morgan fingerprint density at radius 3 is 0.414 bits per heavy atom. The van der Waals surface area contributed by atoms with Crippen LogP contribution in [0.1, 0.15) is 0 Å². The monoisotopic (exact) mass is 554 g/mol. The van der Waals surface area contributed by atoms with E-state index in [0.29, 0.717) is 0 Å². The fraction of sp³-hybridized carbons (Fsp3) is 0.500. The Kier molecular flexibility index (Phi) is 17.8. The number of hydrogen-bond donors (Lipinski definition) is 0. The molecule has 0 N–H and O–H groups in total. The molecule has 29 heavy (non-hydrogen) atoms. The number of hydrogen-bond acceptors (Lipinski definition) is 8. The van der Waals surface area contributed by atoms with Gasteiger partial charge in [-0.3, -0.25) is 0 Å². The second-order valence-corrected chi connectivity index (χ2v) is 3.14. The van der Waals surface area contributed by atoms with E-state index in [9.17, 15) is 52.7 Å². The predicted octanol–water partition coefficient (Wildman–Crippen LogP) is -2.81. The summed E-state index contributed by atoms with van der Waals surface area (Å²) in [7, 11) is 0. The van der Waals surface area contributed by atoms with E-state index in [1.165, 1.54) is 0 Å². The number of carbonyl (C=O) groups excluding carboxylic acids is 4. The summed E-state index contributed by atoms with van der Waals surface area (Å²) >= 11 is 0. The number of carbonyl (C=O) groups is 4. The molecular formula is C8F12O8Ru. The van der Waals surface area contributed by atoms with E-state index < -0.39 is 48.6 Å². The van der Waals surface area contributed by atoms with Gasteiger partial charge in [0.25, 0.3) is 0 Å². The van der Waals surface area contributed by atoms with E-state index in [4.69, 9.17) is 39.6 Å². The maximum atomic E-state index is 10.5. The van der Waals surface area contributed by atoms with E-state index in [2.05, 4.69) is 0 Å². The molecule has 0 aliphatic heterocycles. The second kappa shape index (κ2) is 13.8. The zero-order valence-corrected chi connectivity index (χ0v) is 13.9. The molecule has 0 unspecified atom stereocenters. The van der Waals surface area contributed by atoms with Crippen molar-refractivity contribution in [2.75, 3.05) is 0 Å². The molecule has 21 heteroatoms. The summed E-state index contributed by atoms with van der Waals surface area (Å²) in [6, 6.07) is 0. The first-order valence-corrected chi connectivity index (χ1v) is 4.90. The van der Waals surface area contributed by atoms with Crippen molar-refractivity contribution >= 4 is 23.9 Å². The predicted molar refractivity (Wildman–Crippen MR) is 44.2 cm³/mol. The van der Waals surface area contributed by atoms with Crippen molar-refractivity contribution in [1.29, 1.82) is 0 Å². The van der Waals surface area contributed by atoms with Crippen molar-refractivity contribution in [2.24, 2.45) is 0 Å². The van der Waals surface area contributed by atoms with E-state index in [1.807, 2.05) is 0 Å². The van der Waals surface area contributed by atoms with E-state index in [0.717, 1.165) is 0 Å². The maximum absolute atomic E-state index is 10.5. The van der Waals surface area contributed by atoms with Crippen LogP contribution >= 0.6 is 0 Å². The first kappa shape index (κ1) is 37.4. The van der Waals surface area contributed by atoms with Gasteiger partial charge in [-0.15, -0.1) is 0 Å². The third-order valence-electron chi connectivity index (χ3n) is 0.926. The largest absolute Gasteiger partial charge is 4.00 e. The summed E-state index contributed by atoms with van der Waals surface area (Å²) < 4.78 is 126. The van der Waals surface area contributed by atoms with Crippen molar-refractivity contribution in [2.45, 2.75) is 24.7 Å². The van der Waals surface area contributed by atoms with Crippen LogP contribution in [0.2, 0.25) is 0 Å². The van der Waals surface area contributed by atoms with Crippen molar-refractivity contribution in [3.8, 4) is 0 Å². The van der Waals surface area contributed by atoms with Crippen LogP contribution in [0.4, 0.5) is 52.7 Å². The van der Waals surface area contributed by atoms with Gasteiger partial charge in [0.05, 0.1) is 0 Å². The number of aliphatic carboxylic acids is 4. The molecule has 0 rings (SSSR count). The normalized spacial score (nSPS) is 10.9. The Morgan fingerprint density at radius 2 is 0.414 bits per heavy atom. The van der Waals surface area contributed by atoms with Crippen LogP contribution in [0.5, 0.6) is 0 Å². The summed E-state index contributed by atoms with van der Waals surface area (Å²) in [4.78, 5) is 35.1. The van der Waals surface area contributed by atoms with Crippen LogP contribution in [0.15, 0.2) is 0 Å². The Morgan fingerprint density at radius 1 is 0.379 bits per heavy atom. The smallest absolute Gasteiger partial charge is 0.542 e. The van der Waals surface area contributed by atoms with Gasteiger partial charge >= 0.3 is 44.2 Å². The third kappa shape index (κ3) is 30.6. The van der Waals surface area contributed by atoms with Crippen molar-refractivity contribution in [1.82, 2.24) is 0 Å². The number of rotatable bonds is 0. The van der Waals surface area contributed by atoms with Crippen molar-refractivity contribution in [3.63, 3.8) is 0 Å². The van der Waals surface area contributed by atoms with Crippen molar-refractivity contribution < 1.29 is 112 Å². The van der Waals surface area contributed by atoms with Crippen LogP contribution in [0.3, 0.4) is 0 Å². The van der Waals surface area contributed by atoms with Crippen LogP contribution in [0.25, 0.3) is 0 Å². The van der Waals surface area contributed by atoms with Gasteiger partial charge in [0.1, 0.15) is 23.9 Å². The molecule has 0 atom stereocenters. The Labute approximate surface area is 161 Å². The van der Waals surface area contributed by atoms with Gasteiger partial charge in [-0.2, -0.15) is 52.7 Å². The molecule has 0 saturated heterocycles. The molecule has 0 spiro atoms. The zero-order valence-electron chi connectivity index (χ0n) is 12.2. The number of halogens is 12. The summed E-state index contributed by atoms with van der Waals surface area (Å²) in [5.74, 6) is -12.0. The minimum absolute atomic E-state index is 0. The minimum Gasteiger partial charge on any atom is -0.542 e. The molecule has 0 heterocycles. The first-order valence-electron chi connectivity index (χ1n) is 4.90. The van der Waals surface area contributed by atoms with Gasteiger partial charge in [-0.1, -0.05) is 0 Å². The SMILES string of the molecule is O=C([O-])C(F)(F)F.O=C([O-])C(F)(F)F.O=C([O-])C(F)(F)F.O=C([O-])C(F)(F)F.[Ru+4]. The molecule has 0 aromatic carbocycles. The van der Waals surface area contributed by atoms with E-state index in [1.54, 1.807) is 0 Å². The second-order valence-electron chi connectivity index (χ2n) is 3.14. The molecule has 172 valence electrons. The minimum atomic E-state index is -5.19. The van der Waals surface area contributed by atoms with Gasteiger partial charge in [-0.05, 0) is 0 Å². The molecule has 0 radical (unpaired) electrons. The van der Waals surface area contributed by atoms with E-state index in [-0.39, 0.29) is 19.5 Å². The van der Waals surface area contributed by atoms with Gasteiger partial charge in [0.15, 0.2) is 0 Å². The average Bonchev–Trinajstić information content (AvgIpc) is 2.35. The third-order valence-corrected chi connectivity index (χ3v) is 0.926. The fourth-order valence-corrected chi connectivity index (χ4v) is 0. The topological polar surface area (TPSA) is 161 Å². The Balaban J connectivity index is -0.0000000873. The van der Waals surface area contributed by atoms with Gasteiger partial charge < -0.3 is 39.6 Å². The zero-order chi connectivity index (χ0) is 24.3. The van der Waals surface area contributed by atoms with Crippen LogP contribution < -0.4 is 20.4 Å². The first-order chi connectivity index (χ1) is 11.8. The summed E-state index contributed by atoms with van der Waals surface area (Å²) in [6.07, 6.45) is -20.8. The average molecular weight is 553 g/mol. The molecule has 0 aromatic rings. The van der Waals surface area contributed by atoms with Crippen LogP contribution in [-0.4, -0.2) is 48.6 Å². The Hall–Kier alpha value is -2.34. The summed E-state index contributed by atoms with van der Waals surface area (Å²) in [6.45, 7) is 0. The molecule has 0 fully saturated rings. The number of carboxylic acids is 4. The van der Waals surface area contributed by atoms with Gasteiger partial charge in [0, 0.05) is 0 Å². The summed E-state index contributed by atoms with van der Waals surface area (Å²) in [5, 5.41) is 35.1. The molecule has 0 bridgehead atoms. The Bertz CT molecular complexity index is 436. The van der Waals surface area contributed by atoms with Crippen LogP contribution in [-0.2, 0) is 38.7 Å². The summed E-state index contributed by atoms with van der Waals surface area (Å²) in [5.41, 5.74) is 0.